The number of carbonyl (C=O) groups is 3. The van der Waals surface area contributed by atoms with Gasteiger partial charge in [-0.3, -0.25) is 14.4 Å². The van der Waals surface area contributed by atoms with Crippen molar-refractivity contribution in [3.05, 3.63) is 60.8 Å². The SMILES string of the molecule is CC/C=C\C/C=C\C/C=C\C/C=C\C/C=C\CC(=O)OC(COC(=O)CCCCCCCC)COC(=O)CCCCCCCCCCCCCCCCCC. The normalized spacial score (nSPS) is 12.6. The van der Waals surface area contributed by atoms with Crippen LogP contribution in [0.4, 0.5) is 0 Å². The fourth-order valence-corrected chi connectivity index (χ4v) is 6.16. The second kappa shape index (κ2) is 43.8. The average molecular weight is 769 g/mol. The molecule has 1 unspecified atom stereocenters. The van der Waals surface area contributed by atoms with Gasteiger partial charge in [0.25, 0.3) is 0 Å². The number of hydrogen-bond donors (Lipinski definition) is 0. The molecule has 0 bridgehead atoms. The molecule has 0 radical (unpaired) electrons. The summed E-state index contributed by atoms with van der Waals surface area (Å²) in [5.41, 5.74) is 0. The molecule has 0 heterocycles. The van der Waals surface area contributed by atoms with Crippen LogP contribution in [-0.4, -0.2) is 37.2 Å². The Morgan fingerprint density at radius 3 is 1.04 bits per heavy atom. The number of carbonyl (C=O) groups excluding carboxylic acids is 3. The highest BCUT2D eigenvalue weighted by Crippen LogP contribution is 2.15. The summed E-state index contributed by atoms with van der Waals surface area (Å²) in [6, 6.07) is 0. The number of allylic oxidation sites excluding steroid dienone is 9. The molecule has 0 amide bonds. The molecule has 316 valence electrons. The second-order valence-electron chi connectivity index (χ2n) is 15.0. The van der Waals surface area contributed by atoms with Gasteiger partial charge in [-0.25, -0.2) is 0 Å². The molecule has 55 heavy (non-hydrogen) atoms. The van der Waals surface area contributed by atoms with E-state index in [9.17, 15) is 14.4 Å². The van der Waals surface area contributed by atoms with Gasteiger partial charge in [0.15, 0.2) is 6.10 Å². The van der Waals surface area contributed by atoms with Crippen molar-refractivity contribution in [2.75, 3.05) is 13.2 Å². The molecule has 0 aromatic heterocycles. The van der Waals surface area contributed by atoms with Gasteiger partial charge in [-0.1, -0.05) is 210 Å². The van der Waals surface area contributed by atoms with Crippen molar-refractivity contribution in [2.24, 2.45) is 0 Å². The van der Waals surface area contributed by atoms with Crippen LogP contribution < -0.4 is 0 Å². The highest BCUT2D eigenvalue weighted by molar-refractivity contribution is 5.72. The summed E-state index contributed by atoms with van der Waals surface area (Å²) in [7, 11) is 0. The Balaban J connectivity index is 4.38. The zero-order valence-corrected chi connectivity index (χ0v) is 35.9. The van der Waals surface area contributed by atoms with Crippen LogP contribution >= 0.6 is 0 Å². The average Bonchev–Trinajstić information content (AvgIpc) is 3.18. The summed E-state index contributed by atoms with van der Waals surface area (Å²) in [4.78, 5) is 37.5. The van der Waals surface area contributed by atoms with Gasteiger partial charge in [-0.15, -0.1) is 0 Å². The molecule has 0 rings (SSSR count). The molecular weight excluding hydrogens is 685 g/mol. The number of unbranched alkanes of at least 4 members (excludes halogenated alkanes) is 20. The Labute approximate surface area is 339 Å². The van der Waals surface area contributed by atoms with E-state index in [1.54, 1.807) is 6.08 Å². The summed E-state index contributed by atoms with van der Waals surface area (Å²) < 4.78 is 16.5. The van der Waals surface area contributed by atoms with Crippen LogP contribution in [0.15, 0.2) is 60.8 Å². The van der Waals surface area contributed by atoms with Crippen molar-refractivity contribution in [1.82, 2.24) is 0 Å². The molecule has 0 spiro atoms. The van der Waals surface area contributed by atoms with E-state index in [0.717, 1.165) is 70.6 Å². The number of hydrogen-bond acceptors (Lipinski definition) is 6. The third kappa shape index (κ3) is 42.1. The molecule has 0 saturated heterocycles. The van der Waals surface area contributed by atoms with E-state index in [0.29, 0.717) is 12.8 Å². The Bertz CT molecular complexity index is 1020. The zero-order chi connectivity index (χ0) is 40.1. The Morgan fingerprint density at radius 1 is 0.382 bits per heavy atom. The summed E-state index contributed by atoms with van der Waals surface area (Å²) in [5.74, 6) is -1.05. The molecule has 0 aromatic rings. The lowest BCUT2D eigenvalue weighted by atomic mass is 10.0. The molecule has 0 N–H and O–H groups in total. The third-order valence-corrected chi connectivity index (χ3v) is 9.57. The first-order chi connectivity index (χ1) is 27.0. The quantitative estimate of drug-likeness (QED) is 0.0267. The van der Waals surface area contributed by atoms with Crippen LogP contribution in [0.2, 0.25) is 0 Å². The Kier molecular flexibility index (Phi) is 41.5. The standard InChI is InChI=1S/C49H84O6/c1-4-7-10-13-16-18-20-22-24-26-27-29-31-33-36-39-42-48(51)54-45-46(44-53-47(50)41-38-35-15-12-9-6-3)55-49(52)43-40-37-34-32-30-28-25-23-21-19-17-14-11-8-5-2/h8,11,17,19,23,25,30,32,37,40,46H,4-7,9-10,12-16,18,20-22,24,26-29,31,33-36,38-39,41-45H2,1-3H3/b11-8-,19-17-,25-23-,32-30-,40-37-. The zero-order valence-electron chi connectivity index (χ0n) is 35.9. The molecule has 0 aromatic carbocycles. The number of ether oxygens (including phenoxy) is 3. The lowest BCUT2D eigenvalue weighted by Gasteiger charge is -2.18. The van der Waals surface area contributed by atoms with E-state index in [1.807, 2.05) is 6.08 Å². The summed E-state index contributed by atoms with van der Waals surface area (Å²) >= 11 is 0. The van der Waals surface area contributed by atoms with E-state index >= 15 is 0 Å². The van der Waals surface area contributed by atoms with Gasteiger partial charge in [0, 0.05) is 12.8 Å². The highest BCUT2D eigenvalue weighted by Gasteiger charge is 2.19. The van der Waals surface area contributed by atoms with Crippen LogP contribution in [0.25, 0.3) is 0 Å². The Hall–Kier alpha value is -2.89. The highest BCUT2D eigenvalue weighted by atomic mass is 16.6. The van der Waals surface area contributed by atoms with Crippen LogP contribution in [0.1, 0.15) is 213 Å². The van der Waals surface area contributed by atoms with E-state index in [1.165, 1.54) is 103 Å². The lowest BCUT2D eigenvalue weighted by molar-refractivity contribution is -0.166. The van der Waals surface area contributed by atoms with E-state index in [4.69, 9.17) is 14.2 Å². The molecule has 6 nitrogen and oxygen atoms in total. The molecular formula is C49H84O6. The third-order valence-electron chi connectivity index (χ3n) is 9.57. The molecule has 0 fully saturated rings. The maximum Gasteiger partial charge on any atom is 0.310 e. The van der Waals surface area contributed by atoms with Gasteiger partial charge in [-0.05, 0) is 44.9 Å². The molecule has 1 atom stereocenters. The van der Waals surface area contributed by atoms with Gasteiger partial charge < -0.3 is 14.2 Å². The second-order valence-corrected chi connectivity index (χ2v) is 15.0. The summed E-state index contributed by atoms with van der Waals surface area (Å²) in [6.07, 6.45) is 52.5. The van der Waals surface area contributed by atoms with Crippen LogP contribution in [0.5, 0.6) is 0 Å². The predicted octanol–water partition coefficient (Wildman–Crippen LogP) is 14.5. The fraction of sp³-hybridized carbons (Fsp3) is 0.735. The molecule has 0 saturated carbocycles. The van der Waals surface area contributed by atoms with Gasteiger partial charge in [0.05, 0.1) is 6.42 Å². The number of esters is 3. The predicted molar refractivity (Wildman–Crippen MR) is 233 cm³/mol. The van der Waals surface area contributed by atoms with Crippen molar-refractivity contribution in [3.63, 3.8) is 0 Å². The number of rotatable bonds is 40. The van der Waals surface area contributed by atoms with Gasteiger partial charge in [0.1, 0.15) is 13.2 Å². The first-order valence-electron chi connectivity index (χ1n) is 22.8. The van der Waals surface area contributed by atoms with E-state index < -0.39 is 12.1 Å². The molecule has 0 aliphatic rings. The van der Waals surface area contributed by atoms with Crippen molar-refractivity contribution < 1.29 is 28.6 Å². The molecule has 6 heteroatoms. The first-order valence-corrected chi connectivity index (χ1v) is 22.8. The van der Waals surface area contributed by atoms with Crippen LogP contribution in [-0.2, 0) is 28.6 Å². The first kappa shape index (κ1) is 52.1. The van der Waals surface area contributed by atoms with E-state index in [2.05, 4.69) is 69.4 Å². The maximum absolute atomic E-state index is 12.6. The minimum Gasteiger partial charge on any atom is -0.462 e. The van der Waals surface area contributed by atoms with E-state index in [-0.39, 0.29) is 31.6 Å². The van der Waals surface area contributed by atoms with Crippen molar-refractivity contribution in [1.29, 1.82) is 0 Å². The topological polar surface area (TPSA) is 78.9 Å². The van der Waals surface area contributed by atoms with Crippen LogP contribution in [0, 0.1) is 0 Å². The van der Waals surface area contributed by atoms with Crippen LogP contribution in [0.3, 0.4) is 0 Å². The van der Waals surface area contributed by atoms with Crippen molar-refractivity contribution in [3.8, 4) is 0 Å². The van der Waals surface area contributed by atoms with Gasteiger partial charge in [0.2, 0.25) is 0 Å². The molecule has 0 aliphatic carbocycles. The Morgan fingerprint density at radius 2 is 0.691 bits per heavy atom. The minimum absolute atomic E-state index is 0.100. The largest absolute Gasteiger partial charge is 0.462 e. The fourth-order valence-electron chi connectivity index (χ4n) is 6.16. The minimum atomic E-state index is -0.821. The summed E-state index contributed by atoms with van der Waals surface area (Å²) in [6.45, 7) is 6.37. The lowest BCUT2D eigenvalue weighted by Crippen LogP contribution is -2.30. The maximum atomic E-state index is 12.6. The van der Waals surface area contributed by atoms with Gasteiger partial charge in [-0.2, -0.15) is 0 Å². The van der Waals surface area contributed by atoms with Crippen molar-refractivity contribution >= 4 is 17.9 Å². The molecule has 0 aliphatic heterocycles. The smallest absolute Gasteiger partial charge is 0.310 e. The monoisotopic (exact) mass is 769 g/mol. The van der Waals surface area contributed by atoms with Gasteiger partial charge >= 0.3 is 17.9 Å². The van der Waals surface area contributed by atoms with Crippen molar-refractivity contribution in [2.45, 2.75) is 219 Å². The summed E-state index contributed by atoms with van der Waals surface area (Å²) in [5, 5.41) is 0.